The van der Waals surface area contributed by atoms with Crippen LogP contribution in [0.5, 0.6) is 5.75 Å². The van der Waals surface area contributed by atoms with Gasteiger partial charge in [0, 0.05) is 23.6 Å². The summed E-state index contributed by atoms with van der Waals surface area (Å²) in [6.45, 7) is 4.54. The summed E-state index contributed by atoms with van der Waals surface area (Å²) in [4.78, 5) is 15.6. The van der Waals surface area contributed by atoms with E-state index in [0.717, 1.165) is 34.2 Å². The van der Waals surface area contributed by atoms with Gasteiger partial charge in [-0.1, -0.05) is 37.3 Å². The van der Waals surface area contributed by atoms with E-state index < -0.39 is 0 Å². The third kappa shape index (κ3) is 5.26. The smallest absolute Gasteiger partial charge is 0.261 e. The fourth-order valence-corrected chi connectivity index (χ4v) is 3.02. The first-order chi connectivity index (χ1) is 14.1. The molecule has 0 aliphatic rings. The van der Waals surface area contributed by atoms with Gasteiger partial charge in [-0.15, -0.1) is 0 Å². The molecular weight excluding hydrogens is 362 g/mol. The van der Waals surface area contributed by atoms with Crippen molar-refractivity contribution in [2.24, 2.45) is 0 Å². The highest BCUT2D eigenvalue weighted by molar-refractivity contribution is 6.01. The van der Waals surface area contributed by atoms with Crippen LogP contribution in [0.3, 0.4) is 0 Å². The number of ether oxygens (including phenoxy) is 1. The minimum atomic E-state index is -0.368. The van der Waals surface area contributed by atoms with Crippen LogP contribution in [0.4, 0.5) is 0 Å². The van der Waals surface area contributed by atoms with Crippen LogP contribution >= 0.6 is 0 Å². The lowest BCUT2D eigenvalue weighted by Gasteiger charge is -2.12. The van der Waals surface area contributed by atoms with Crippen molar-refractivity contribution in [3.63, 3.8) is 0 Å². The van der Waals surface area contributed by atoms with Gasteiger partial charge in [0.25, 0.3) is 5.91 Å². The van der Waals surface area contributed by atoms with Gasteiger partial charge in [-0.25, -0.2) is 0 Å². The fourth-order valence-electron chi connectivity index (χ4n) is 3.02. The summed E-state index contributed by atoms with van der Waals surface area (Å²) >= 11 is 0. The number of aromatic nitrogens is 1. The molecule has 148 valence electrons. The number of H-pyrrole nitrogens is 1. The van der Waals surface area contributed by atoms with E-state index in [1.165, 1.54) is 0 Å². The summed E-state index contributed by atoms with van der Waals surface area (Å²) in [6, 6.07) is 17.4. The maximum absolute atomic E-state index is 12.4. The molecule has 29 heavy (non-hydrogen) atoms. The van der Waals surface area contributed by atoms with Gasteiger partial charge in [0.1, 0.15) is 17.4 Å². The molecule has 0 spiro atoms. The van der Waals surface area contributed by atoms with Crippen molar-refractivity contribution >= 4 is 22.9 Å². The van der Waals surface area contributed by atoms with Crippen molar-refractivity contribution < 1.29 is 9.53 Å². The van der Waals surface area contributed by atoms with Crippen LogP contribution in [-0.4, -0.2) is 23.5 Å². The Morgan fingerprint density at radius 3 is 2.72 bits per heavy atom. The molecule has 0 bridgehead atoms. The quantitative estimate of drug-likeness (QED) is 0.438. The van der Waals surface area contributed by atoms with E-state index in [0.29, 0.717) is 13.0 Å². The van der Waals surface area contributed by atoms with E-state index in [2.05, 4.69) is 23.3 Å². The number of hydrogen-bond donors (Lipinski definition) is 2. The van der Waals surface area contributed by atoms with E-state index in [-0.39, 0.29) is 17.6 Å². The molecular formula is C24H25N3O2. The molecule has 3 rings (SSSR count). The zero-order chi connectivity index (χ0) is 20.6. The number of nitriles is 1. The summed E-state index contributed by atoms with van der Waals surface area (Å²) in [5, 5.41) is 13.4. The molecule has 1 aromatic heterocycles. The number of carbonyl (C=O) groups is 1. The summed E-state index contributed by atoms with van der Waals surface area (Å²) in [7, 11) is 0. The first-order valence-electron chi connectivity index (χ1n) is 9.82. The predicted octanol–water partition coefficient (Wildman–Crippen LogP) is 4.61. The minimum absolute atomic E-state index is 0.0829. The molecule has 1 amide bonds. The number of amides is 1. The molecule has 3 aromatic rings. The van der Waals surface area contributed by atoms with Gasteiger partial charge in [-0.2, -0.15) is 5.26 Å². The van der Waals surface area contributed by atoms with Crippen molar-refractivity contribution in [3.8, 4) is 11.8 Å². The molecule has 0 unspecified atom stereocenters. The van der Waals surface area contributed by atoms with Crippen LogP contribution in [-0.2, 0) is 11.2 Å². The highest BCUT2D eigenvalue weighted by Gasteiger charge is 2.10. The molecule has 0 aliphatic carbocycles. The average Bonchev–Trinajstić information content (AvgIpc) is 3.16. The third-order valence-corrected chi connectivity index (χ3v) is 4.82. The Morgan fingerprint density at radius 2 is 2.00 bits per heavy atom. The molecule has 0 fully saturated rings. The highest BCUT2D eigenvalue weighted by atomic mass is 16.5. The lowest BCUT2D eigenvalue weighted by Crippen LogP contribution is -2.26. The normalized spacial score (nSPS) is 12.4. The molecule has 2 aromatic carbocycles. The molecule has 5 nitrogen and oxygen atoms in total. The molecule has 0 radical (unpaired) electrons. The van der Waals surface area contributed by atoms with E-state index in [1.54, 1.807) is 6.08 Å². The number of benzene rings is 2. The van der Waals surface area contributed by atoms with Gasteiger partial charge in [0.05, 0.1) is 6.10 Å². The number of rotatable bonds is 8. The fraction of sp³-hybridized carbons (Fsp3) is 0.250. The van der Waals surface area contributed by atoms with Crippen LogP contribution in [0.1, 0.15) is 31.4 Å². The molecule has 0 saturated heterocycles. The predicted molar refractivity (Wildman–Crippen MR) is 115 cm³/mol. The van der Waals surface area contributed by atoms with Crippen molar-refractivity contribution in [1.82, 2.24) is 10.3 Å². The van der Waals surface area contributed by atoms with Gasteiger partial charge in [0.2, 0.25) is 0 Å². The average molecular weight is 387 g/mol. The number of carbonyl (C=O) groups excluding carboxylic acids is 1. The lowest BCUT2D eigenvalue weighted by atomic mass is 10.1. The first-order valence-corrected chi connectivity index (χ1v) is 9.82. The van der Waals surface area contributed by atoms with E-state index in [1.807, 2.05) is 61.7 Å². The lowest BCUT2D eigenvalue weighted by molar-refractivity contribution is -0.117. The molecule has 1 atom stereocenters. The summed E-state index contributed by atoms with van der Waals surface area (Å²) < 4.78 is 5.75. The zero-order valence-corrected chi connectivity index (χ0v) is 16.7. The standard InChI is InChI=1S/C24H25N3O2/c1-3-17(2)29-21-10-8-18(9-11-21)14-20(15-25)24(28)26-13-12-19-16-27-23-7-5-4-6-22(19)23/h4-11,14,16-17,27H,3,12-13H2,1-2H3,(H,26,28)/b20-14-/t17-/m0/s1. The van der Waals surface area contributed by atoms with Crippen LogP contribution in [0.25, 0.3) is 17.0 Å². The monoisotopic (exact) mass is 387 g/mol. The number of aromatic amines is 1. The summed E-state index contributed by atoms with van der Waals surface area (Å²) in [6.07, 6.45) is 5.32. The first kappa shape index (κ1) is 20.2. The number of nitrogens with one attached hydrogen (secondary N) is 2. The van der Waals surface area contributed by atoms with Crippen LogP contribution in [0.2, 0.25) is 0 Å². The Morgan fingerprint density at radius 1 is 1.24 bits per heavy atom. The van der Waals surface area contributed by atoms with E-state index >= 15 is 0 Å². The second kappa shape index (κ2) is 9.61. The third-order valence-electron chi connectivity index (χ3n) is 4.82. The molecule has 2 N–H and O–H groups in total. The van der Waals surface area contributed by atoms with E-state index in [4.69, 9.17) is 4.74 Å². The number of fused-ring (bicyclic) bond motifs is 1. The molecule has 0 aliphatic heterocycles. The molecule has 5 heteroatoms. The Balaban J connectivity index is 1.59. The largest absolute Gasteiger partial charge is 0.491 e. The molecule has 1 heterocycles. The second-order valence-electron chi connectivity index (χ2n) is 6.94. The summed E-state index contributed by atoms with van der Waals surface area (Å²) in [5.41, 5.74) is 3.08. The van der Waals surface area contributed by atoms with Crippen molar-refractivity contribution in [1.29, 1.82) is 5.26 Å². The minimum Gasteiger partial charge on any atom is -0.491 e. The maximum Gasteiger partial charge on any atom is 0.261 e. The van der Waals surface area contributed by atoms with Crippen molar-refractivity contribution in [2.75, 3.05) is 6.54 Å². The molecule has 0 saturated carbocycles. The van der Waals surface area contributed by atoms with Crippen LogP contribution in [0.15, 0.2) is 60.3 Å². The number of hydrogen-bond acceptors (Lipinski definition) is 3. The number of nitrogens with zero attached hydrogens (tertiary/aromatic N) is 1. The van der Waals surface area contributed by atoms with Crippen molar-refractivity contribution in [3.05, 3.63) is 71.4 Å². The number of para-hydroxylation sites is 1. The Labute approximate surface area is 171 Å². The summed E-state index contributed by atoms with van der Waals surface area (Å²) in [5.74, 6) is 0.408. The SMILES string of the molecule is CC[C@H](C)Oc1ccc(/C=C(/C#N)C(=O)NCCc2c[nH]c3ccccc23)cc1. The van der Waals surface area contributed by atoms with Gasteiger partial charge < -0.3 is 15.0 Å². The highest BCUT2D eigenvalue weighted by Crippen LogP contribution is 2.18. The van der Waals surface area contributed by atoms with Gasteiger partial charge in [0.15, 0.2) is 0 Å². The van der Waals surface area contributed by atoms with E-state index in [9.17, 15) is 10.1 Å². The van der Waals surface area contributed by atoms with Gasteiger partial charge in [-0.05, 0) is 55.2 Å². The van der Waals surface area contributed by atoms with Crippen molar-refractivity contribution in [2.45, 2.75) is 32.8 Å². The van der Waals surface area contributed by atoms with Crippen LogP contribution in [0, 0.1) is 11.3 Å². The second-order valence-corrected chi connectivity index (χ2v) is 6.94. The van der Waals surface area contributed by atoms with Crippen LogP contribution < -0.4 is 10.1 Å². The van der Waals surface area contributed by atoms with Gasteiger partial charge in [-0.3, -0.25) is 4.79 Å². The Kier molecular flexibility index (Phi) is 6.70. The Hall–Kier alpha value is -3.52. The zero-order valence-electron chi connectivity index (χ0n) is 16.7. The maximum atomic E-state index is 12.4. The Bertz CT molecular complexity index is 1040. The van der Waals surface area contributed by atoms with Gasteiger partial charge >= 0.3 is 0 Å². The topological polar surface area (TPSA) is 77.9 Å².